The third kappa shape index (κ3) is 2.24. The zero-order valence-corrected chi connectivity index (χ0v) is 11.5. The van der Waals surface area contributed by atoms with Crippen LogP contribution in [0.15, 0.2) is 23.8 Å². The van der Waals surface area contributed by atoms with E-state index in [1.165, 1.54) is 37.9 Å². The molecule has 0 atom stereocenters. The Hall–Kier alpha value is -1.08. The SMILES string of the molecule is CC(C)C1=Cc2ccc(C3CCNCC3)cc2C1. The van der Waals surface area contributed by atoms with Crippen molar-refractivity contribution < 1.29 is 0 Å². The molecule has 0 radical (unpaired) electrons. The summed E-state index contributed by atoms with van der Waals surface area (Å²) in [5, 5.41) is 3.45. The van der Waals surface area contributed by atoms with Crippen molar-refractivity contribution in [3.05, 3.63) is 40.5 Å². The van der Waals surface area contributed by atoms with Crippen molar-refractivity contribution in [1.29, 1.82) is 0 Å². The lowest BCUT2D eigenvalue weighted by atomic mass is 9.88. The molecule has 0 saturated carbocycles. The highest BCUT2D eigenvalue weighted by atomic mass is 14.9. The molecule has 0 bridgehead atoms. The molecule has 0 unspecified atom stereocenters. The maximum atomic E-state index is 3.45. The van der Waals surface area contributed by atoms with Gasteiger partial charge in [-0.1, -0.05) is 43.7 Å². The first-order valence-electron chi connectivity index (χ1n) is 7.28. The molecule has 96 valence electrons. The number of hydrogen-bond donors (Lipinski definition) is 1. The molecule has 0 aromatic heterocycles. The van der Waals surface area contributed by atoms with Gasteiger partial charge in [0.05, 0.1) is 0 Å². The second-order valence-electron chi connectivity index (χ2n) is 6.03. The van der Waals surface area contributed by atoms with Gasteiger partial charge in [0.1, 0.15) is 0 Å². The van der Waals surface area contributed by atoms with Gasteiger partial charge in [0.15, 0.2) is 0 Å². The van der Waals surface area contributed by atoms with Crippen LogP contribution in [0, 0.1) is 5.92 Å². The molecule has 2 aliphatic rings. The Kier molecular flexibility index (Phi) is 3.25. The second-order valence-corrected chi connectivity index (χ2v) is 6.03. The number of nitrogens with one attached hydrogen (secondary N) is 1. The first-order valence-corrected chi connectivity index (χ1v) is 7.28. The third-order valence-corrected chi connectivity index (χ3v) is 4.45. The van der Waals surface area contributed by atoms with E-state index in [4.69, 9.17) is 0 Å². The molecule has 1 aromatic carbocycles. The van der Waals surface area contributed by atoms with Crippen LogP contribution in [0.3, 0.4) is 0 Å². The minimum Gasteiger partial charge on any atom is -0.317 e. The van der Waals surface area contributed by atoms with E-state index in [1.807, 2.05) is 0 Å². The summed E-state index contributed by atoms with van der Waals surface area (Å²) in [7, 11) is 0. The molecule has 1 N–H and O–H groups in total. The summed E-state index contributed by atoms with van der Waals surface area (Å²) in [4.78, 5) is 0. The maximum absolute atomic E-state index is 3.45. The molecule has 0 spiro atoms. The summed E-state index contributed by atoms with van der Waals surface area (Å²) in [5.74, 6) is 1.46. The van der Waals surface area contributed by atoms with Crippen molar-refractivity contribution in [2.75, 3.05) is 13.1 Å². The van der Waals surface area contributed by atoms with E-state index < -0.39 is 0 Å². The Morgan fingerprint density at radius 2 is 1.94 bits per heavy atom. The van der Waals surface area contributed by atoms with Crippen molar-refractivity contribution in [1.82, 2.24) is 5.32 Å². The van der Waals surface area contributed by atoms with Crippen molar-refractivity contribution >= 4 is 6.08 Å². The van der Waals surface area contributed by atoms with Crippen LogP contribution in [-0.2, 0) is 6.42 Å². The van der Waals surface area contributed by atoms with E-state index >= 15 is 0 Å². The smallest absolute Gasteiger partial charge is 0.00431 e. The number of allylic oxidation sites excluding steroid dienone is 1. The normalized spacial score (nSPS) is 20.1. The number of benzene rings is 1. The van der Waals surface area contributed by atoms with E-state index in [1.54, 1.807) is 16.7 Å². The van der Waals surface area contributed by atoms with Gasteiger partial charge in [-0.25, -0.2) is 0 Å². The predicted molar refractivity (Wildman–Crippen MR) is 77.8 cm³/mol. The lowest BCUT2D eigenvalue weighted by molar-refractivity contribution is 0.460. The largest absolute Gasteiger partial charge is 0.317 e. The summed E-state index contributed by atoms with van der Waals surface area (Å²) >= 11 is 0. The second kappa shape index (κ2) is 4.89. The van der Waals surface area contributed by atoms with Gasteiger partial charge in [0.25, 0.3) is 0 Å². The van der Waals surface area contributed by atoms with Crippen LogP contribution >= 0.6 is 0 Å². The molecule has 1 aromatic rings. The van der Waals surface area contributed by atoms with Gasteiger partial charge in [-0.2, -0.15) is 0 Å². The summed E-state index contributed by atoms with van der Waals surface area (Å²) in [5.41, 5.74) is 6.16. The van der Waals surface area contributed by atoms with Gasteiger partial charge < -0.3 is 5.32 Å². The van der Waals surface area contributed by atoms with Crippen molar-refractivity contribution in [2.45, 2.75) is 39.0 Å². The third-order valence-electron chi connectivity index (χ3n) is 4.45. The topological polar surface area (TPSA) is 12.0 Å². The van der Waals surface area contributed by atoms with E-state index in [2.05, 4.69) is 43.4 Å². The molecular formula is C17H23N. The minimum absolute atomic E-state index is 0.680. The van der Waals surface area contributed by atoms with Crippen LogP contribution in [0.25, 0.3) is 6.08 Å². The Morgan fingerprint density at radius 1 is 1.17 bits per heavy atom. The Bertz CT molecular complexity index is 464. The highest BCUT2D eigenvalue weighted by Crippen LogP contribution is 2.33. The number of piperidine rings is 1. The Balaban J connectivity index is 1.81. The van der Waals surface area contributed by atoms with Gasteiger partial charge in [-0.05, 0) is 60.9 Å². The van der Waals surface area contributed by atoms with Gasteiger partial charge in [0, 0.05) is 0 Å². The predicted octanol–water partition coefficient (Wildman–Crippen LogP) is 3.75. The molecule has 1 nitrogen and oxygen atoms in total. The molecule has 1 aliphatic carbocycles. The van der Waals surface area contributed by atoms with Crippen LogP contribution in [0.2, 0.25) is 0 Å². The van der Waals surface area contributed by atoms with E-state index in [0.717, 1.165) is 5.92 Å². The Labute approximate surface area is 110 Å². The number of rotatable bonds is 2. The summed E-state index contributed by atoms with van der Waals surface area (Å²) in [6, 6.07) is 7.16. The summed E-state index contributed by atoms with van der Waals surface area (Å²) < 4.78 is 0. The fourth-order valence-corrected chi connectivity index (χ4v) is 3.17. The molecule has 1 saturated heterocycles. The average Bonchev–Trinajstić information content (AvgIpc) is 2.82. The molecular weight excluding hydrogens is 218 g/mol. The van der Waals surface area contributed by atoms with E-state index in [9.17, 15) is 0 Å². The molecule has 1 heterocycles. The van der Waals surface area contributed by atoms with E-state index in [0.29, 0.717) is 5.92 Å². The fourth-order valence-electron chi connectivity index (χ4n) is 3.17. The highest BCUT2D eigenvalue weighted by Gasteiger charge is 2.19. The lowest BCUT2D eigenvalue weighted by Crippen LogP contribution is -2.26. The molecule has 1 aliphatic heterocycles. The minimum atomic E-state index is 0.680. The fraction of sp³-hybridized carbons (Fsp3) is 0.529. The molecule has 18 heavy (non-hydrogen) atoms. The average molecular weight is 241 g/mol. The van der Waals surface area contributed by atoms with Crippen LogP contribution in [0.5, 0.6) is 0 Å². The summed E-state index contributed by atoms with van der Waals surface area (Å²) in [6.07, 6.45) is 6.16. The van der Waals surface area contributed by atoms with Crippen LogP contribution < -0.4 is 5.32 Å². The first kappa shape index (κ1) is 12.0. The van der Waals surface area contributed by atoms with Crippen molar-refractivity contribution in [3.63, 3.8) is 0 Å². The first-order chi connectivity index (χ1) is 8.74. The van der Waals surface area contributed by atoms with Gasteiger partial charge in [-0.3, -0.25) is 0 Å². The highest BCUT2D eigenvalue weighted by molar-refractivity contribution is 5.64. The van der Waals surface area contributed by atoms with Gasteiger partial charge in [0.2, 0.25) is 0 Å². The number of hydrogen-bond acceptors (Lipinski definition) is 1. The zero-order valence-electron chi connectivity index (χ0n) is 11.5. The standard InChI is InChI=1S/C17H23N/c1-12(2)16-9-15-4-3-14(10-17(15)11-16)13-5-7-18-8-6-13/h3-4,9-10,12-13,18H,5-8,11H2,1-2H3. The maximum Gasteiger partial charge on any atom is -0.00431 e. The quantitative estimate of drug-likeness (QED) is 0.831. The molecule has 3 rings (SSSR count). The van der Waals surface area contributed by atoms with Crippen LogP contribution in [-0.4, -0.2) is 13.1 Å². The molecule has 1 fully saturated rings. The number of fused-ring (bicyclic) bond motifs is 1. The molecule has 1 heteroatoms. The summed E-state index contributed by atoms with van der Waals surface area (Å²) in [6.45, 7) is 6.95. The van der Waals surface area contributed by atoms with Crippen molar-refractivity contribution in [2.24, 2.45) is 5.92 Å². The Morgan fingerprint density at radius 3 is 2.67 bits per heavy atom. The zero-order chi connectivity index (χ0) is 12.5. The van der Waals surface area contributed by atoms with Crippen LogP contribution in [0.4, 0.5) is 0 Å². The van der Waals surface area contributed by atoms with E-state index in [-0.39, 0.29) is 0 Å². The monoisotopic (exact) mass is 241 g/mol. The van der Waals surface area contributed by atoms with Gasteiger partial charge in [-0.15, -0.1) is 0 Å². The van der Waals surface area contributed by atoms with Crippen molar-refractivity contribution in [3.8, 4) is 0 Å². The van der Waals surface area contributed by atoms with Crippen LogP contribution in [0.1, 0.15) is 49.3 Å². The molecule has 0 amide bonds. The van der Waals surface area contributed by atoms with Gasteiger partial charge >= 0.3 is 0 Å². The lowest BCUT2D eigenvalue weighted by Gasteiger charge is -2.23.